The van der Waals surface area contributed by atoms with Crippen molar-refractivity contribution in [2.45, 2.75) is 33.7 Å². The lowest BCUT2D eigenvalue weighted by molar-refractivity contribution is -0.140. The summed E-state index contributed by atoms with van der Waals surface area (Å²) in [6, 6.07) is 6.90. The molecule has 0 fully saturated rings. The van der Waals surface area contributed by atoms with Gasteiger partial charge in [-0.2, -0.15) is 0 Å². The molecule has 0 aromatic heterocycles. The van der Waals surface area contributed by atoms with E-state index < -0.39 is 17.4 Å². The molecule has 158 valence electrons. The number of benzene rings is 1. The number of allylic oxidation sites excluding steroid dienone is 1. The van der Waals surface area contributed by atoms with E-state index in [-0.39, 0.29) is 12.5 Å². The average molecular weight is 420 g/mol. The summed E-state index contributed by atoms with van der Waals surface area (Å²) in [6.45, 7) is 7.90. The van der Waals surface area contributed by atoms with Gasteiger partial charge in [0.2, 0.25) is 5.91 Å². The Morgan fingerprint density at radius 3 is 2.38 bits per heavy atom. The van der Waals surface area contributed by atoms with Gasteiger partial charge >= 0.3 is 5.97 Å². The SMILES string of the molecule is COCCOC(=O)C1=C(C)N(C)C(=S)N[C@@H]1c1ccc(NC(=O)C(C)(C)C)cc1. The smallest absolute Gasteiger partial charge is 0.338 e. The molecule has 1 amide bonds. The van der Waals surface area contributed by atoms with Gasteiger partial charge in [-0.25, -0.2) is 4.79 Å². The Hall–Kier alpha value is -2.45. The Labute approximate surface area is 177 Å². The predicted molar refractivity (Wildman–Crippen MR) is 116 cm³/mol. The van der Waals surface area contributed by atoms with Gasteiger partial charge in [0.05, 0.1) is 18.2 Å². The van der Waals surface area contributed by atoms with Crippen molar-refractivity contribution >= 4 is 34.9 Å². The molecule has 0 bridgehead atoms. The van der Waals surface area contributed by atoms with Crippen molar-refractivity contribution in [3.63, 3.8) is 0 Å². The Bertz CT molecular complexity index is 812. The highest BCUT2D eigenvalue weighted by molar-refractivity contribution is 7.80. The number of rotatable bonds is 6. The van der Waals surface area contributed by atoms with Crippen LogP contribution in [0, 0.1) is 5.41 Å². The molecule has 0 saturated carbocycles. The zero-order chi connectivity index (χ0) is 21.8. The van der Waals surface area contributed by atoms with Crippen LogP contribution < -0.4 is 10.6 Å². The van der Waals surface area contributed by atoms with Crippen molar-refractivity contribution in [3.05, 3.63) is 41.1 Å². The van der Waals surface area contributed by atoms with E-state index in [0.29, 0.717) is 23.0 Å². The number of esters is 1. The summed E-state index contributed by atoms with van der Waals surface area (Å²) in [7, 11) is 3.35. The lowest BCUT2D eigenvalue weighted by atomic mass is 9.94. The number of nitrogens with one attached hydrogen (secondary N) is 2. The predicted octanol–water partition coefficient (Wildman–Crippen LogP) is 3.00. The molecule has 0 aliphatic carbocycles. The van der Waals surface area contributed by atoms with E-state index in [9.17, 15) is 9.59 Å². The molecule has 1 aliphatic rings. The molecule has 7 nitrogen and oxygen atoms in total. The van der Waals surface area contributed by atoms with Gasteiger partial charge in [-0.15, -0.1) is 0 Å². The monoisotopic (exact) mass is 419 g/mol. The minimum absolute atomic E-state index is 0.0676. The van der Waals surface area contributed by atoms with Gasteiger partial charge in [0.1, 0.15) is 6.61 Å². The fourth-order valence-corrected chi connectivity index (χ4v) is 2.98. The number of ether oxygens (including phenoxy) is 2. The van der Waals surface area contributed by atoms with Gasteiger partial charge in [-0.3, -0.25) is 4.79 Å². The summed E-state index contributed by atoms with van der Waals surface area (Å²) < 4.78 is 10.3. The van der Waals surface area contributed by atoms with Gasteiger partial charge < -0.3 is 25.0 Å². The summed E-state index contributed by atoms with van der Waals surface area (Å²) in [6.07, 6.45) is 0. The Morgan fingerprint density at radius 1 is 1.21 bits per heavy atom. The van der Waals surface area contributed by atoms with Crippen molar-refractivity contribution in [1.82, 2.24) is 10.2 Å². The number of carbonyl (C=O) groups is 2. The maximum atomic E-state index is 12.7. The zero-order valence-electron chi connectivity index (χ0n) is 17.8. The standard InChI is InChI=1S/C21H29N3O4S/c1-13-16(18(25)28-12-11-27-6)17(23-20(29)24(13)5)14-7-9-15(10-8-14)22-19(26)21(2,3)4/h7-10,17H,11-12H2,1-6H3,(H,22,26)(H,23,29)/t17-/m1/s1. The second kappa shape index (κ2) is 9.37. The summed E-state index contributed by atoms with van der Waals surface area (Å²) in [5, 5.41) is 6.61. The van der Waals surface area contributed by atoms with E-state index in [0.717, 1.165) is 11.3 Å². The molecule has 1 aliphatic heterocycles. The highest BCUT2D eigenvalue weighted by Crippen LogP contribution is 2.31. The third kappa shape index (κ3) is 5.55. The Morgan fingerprint density at radius 2 is 1.83 bits per heavy atom. The number of hydrogen-bond acceptors (Lipinski definition) is 5. The summed E-state index contributed by atoms with van der Waals surface area (Å²) in [5.41, 5.74) is 2.26. The molecule has 8 heteroatoms. The number of methoxy groups -OCH3 is 1. The van der Waals surface area contributed by atoms with Crippen molar-refractivity contribution < 1.29 is 19.1 Å². The number of amides is 1. The second-order valence-corrected chi connectivity index (χ2v) is 8.28. The van der Waals surface area contributed by atoms with Crippen LogP contribution in [0.2, 0.25) is 0 Å². The molecule has 0 radical (unpaired) electrons. The third-order valence-corrected chi connectivity index (χ3v) is 5.07. The molecule has 1 aromatic carbocycles. The molecule has 0 saturated heterocycles. The summed E-state index contributed by atoms with van der Waals surface area (Å²) in [4.78, 5) is 26.7. The van der Waals surface area contributed by atoms with E-state index in [1.165, 1.54) is 0 Å². The van der Waals surface area contributed by atoms with Crippen molar-refractivity contribution in [2.24, 2.45) is 5.41 Å². The van der Waals surface area contributed by atoms with Crippen LogP contribution in [-0.4, -0.2) is 49.3 Å². The lowest BCUT2D eigenvalue weighted by Crippen LogP contribution is -2.46. The summed E-state index contributed by atoms with van der Waals surface area (Å²) >= 11 is 5.40. The topological polar surface area (TPSA) is 79.9 Å². The van der Waals surface area contributed by atoms with Crippen molar-refractivity contribution in [1.29, 1.82) is 0 Å². The minimum atomic E-state index is -0.487. The van der Waals surface area contributed by atoms with Crippen LogP contribution >= 0.6 is 12.2 Å². The fourth-order valence-electron chi connectivity index (χ4n) is 2.72. The maximum absolute atomic E-state index is 12.7. The van der Waals surface area contributed by atoms with E-state index >= 15 is 0 Å². The first-order valence-electron chi connectivity index (χ1n) is 9.38. The Balaban J connectivity index is 2.28. The van der Waals surface area contributed by atoms with E-state index in [2.05, 4.69) is 10.6 Å². The molecule has 0 spiro atoms. The van der Waals surface area contributed by atoms with Gasteiger partial charge in [0.25, 0.3) is 0 Å². The molecule has 1 atom stereocenters. The Kier molecular flexibility index (Phi) is 7.37. The van der Waals surface area contributed by atoms with Crippen LogP contribution in [0.15, 0.2) is 35.5 Å². The number of nitrogens with zero attached hydrogens (tertiary/aromatic N) is 1. The first-order chi connectivity index (χ1) is 13.6. The van der Waals surface area contributed by atoms with E-state index in [4.69, 9.17) is 21.7 Å². The first-order valence-corrected chi connectivity index (χ1v) is 9.79. The lowest BCUT2D eigenvalue weighted by Gasteiger charge is -2.35. The number of carbonyl (C=O) groups excluding carboxylic acids is 2. The highest BCUT2D eigenvalue weighted by Gasteiger charge is 2.33. The second-order valence-electron chi connectivity index (χ2n) is 7.90. The molecule has 1 heterocycles. The van der Waals surface area contributed by atoms with Crippen LogP contribution in [0.5, 0.6) is 0 Å². The molecule has 2 N–H and O–H groups in total. The van der Waals surface area contributed by atoms with Gasteiger partial charge in [0.15, 0.2) is 5.11 Å². The molecule has 2 rings (SSSR count). The van der Waals surface area contributed by atoms with Crippen LogP contribution in [-0.2, 0) is 19.1 Å². The highest BCUT2D eigenvalue weighted by atomic mass is 32.1. The van der Waals surface area contributed by atoms with E-state index in [1.54, 1.807) is 19.1 Å². The minimum Gasteiger partial charge on any atom is -0.460 e. The molecular formula is C21H29N3O4S. The van der Waals surface area contributed by atoms with Crippen LogP contribution in [0.25, 0.3) is 0 Å². The maximum Gasteiger partial charge on any atom is 0.338 e. The third-order valence-electron chi connectivity index (χ3n) is 4.68. The quantitative estimate of drug-likeness (QED) is 0.417. The molecule has 0 unspecified atom stereocenters. The first kappa shape index (κ1) is 22.8. The number of anilines is 1. The van der Waals surface area contributed by atoms with Crippen molar-refractivity contribution in [2.75, 3.05) is 32.7 Å². The molecule has 29 heavy (non-hydrogen) atoms. The number of thiocarbonyl (C=S) groups is 1. The van der Waals surface area contributed by atoms with Crippen LogP contribution in [0.1, 0.15) is 39.3 Å². The van der Waals surface area contributed by atoms with Gasteiger partial charge in [0, 0.05) is 31.0 Å². The van der Waals surface area contributed by atoms with Gasteiger partial charge in [-0.1, -0.05) is 32.9 Å². The van der Waals surface area contributed by atoms with Gasteiger partial charge in [-0.05, 0) is 36.8 Å². The largest absolute Gasteiger partial charge is 0.460 e. The summed E-state index contributed by atoms with van der Waals surface area (Å²) in [5.74, 6) is -0.487. The van der Waals surface area contributed by atoms with Crippen LogP contribution in [0.3, 0.4) is 0 Å². The average Bonchev–Trinajstić information content (AvgIpc) is 2.65. The fraction of sp³-hybridized carbons (Fsp3) is 0.476. The zero-order valence-corrected chi connectivity index (χ0v) is 18.6. The normalized spacial score (nSPS) is 17.1. The molecule has 1 aromatic rings. The van der Waals surface area contributed by atoms with E-state index in [1.807, 2.05) is 52.0 Å². The van der Waals surface area contributed by atoms with Crippen LogP contribution in [0.4, 0.5) is 5.69 Å². The number of hydrogen-bond donors (Lipinski definition) is 2. The van der Waals surface area contributed by atoms with Crippen molar-refractivity contribution in [3.8, 4) is 0 Å². The molecular weight excluding hydrogens is 390 g/mol.